The Morgan fingerprint density at radius 3 is 2.21 bits per heavy atom. The Hall–Kier alpha value is -2.55. The maximum absolute atomic E-state index is 13.5. The first kappa shape index (κ1) is 26.7. The Balaban J connectivity index is 2.37. The van der Waals surface area contributed by atoms with Crippen LogP contribution in [0.25, 0.3) is 0 Å². The molecule has 7 nitrogen and oxygen atoms in total. The second kappa shape index (κ2) is 10.6. The number of carbonyl (C=O) groups excluding carboxylic acids is 2. The number of aliphatic carboxylic acids is 1. The quantitative estimate of drug-likeness (QED) is 0.443. The second-order valence-corrected chi connectivity index (χ2v) is 24.7. The number of hydrogen-bond acceptors (Lipinski definition) is 3. The van der Waals surface area contributed by atoms with Gasteiger partial charge in [-0.3, -0.25) is 0 Å². The number of aryl methyl sites for hydroxylation is 1. The maximum atomic E-state index is 13.5. The molecule has 3 amide bonds. The number of benzene rings is 2. The molecule has 2 aromatic rings. The Bertz CT molecular complexity index is 1020. The number of hydrogen-bond donors (Lipinski definition) is 3. The van der Waals surface area contributed by atoms with Crippen molar-refractivity contribution in [2.45, 2.75) is 48.6 Å². The van der Waals surface area contributed by atoms with Crippen LogP contribution in [0.15, 0.2) is 48.5 Å². The molecule has 33 heavy (non-hydrogen) atoms. The fraction of sp³-hybridized carbons (Fsp3) is 0.400. The molecule has 0 aliphatic carbocycles. The molecule has 0 bridgehead atoms. The van der Waals surface area contributed by atoms with Crippen LogP contribution in [0.2, 0.25) is 14.8 Å². The van der Waals surface area contributed by atoms with Crippen LogP contribution in [0, 0.1) is 12.3 Å². The normalized spacial score (nSPS) is 12.6. The van der Waals surface area contributed by atoms with Crippen LogP contribution < -0.4 is 19.1 Å². The first-order valence-corrected chi connectivity index (χ1v) is 21.0. The third kappa shape index (κ3) is 7.22. The number of para-hydroxylation sites is 1. The Morgan fingerprint density at radius 2 is 1.67 bits per heavy atom. The Kier molecular flexibility index (Phi) is 8.56. The van der Waals surface area contributed by atoms with Gasteiger partial charge in [0.15, 0.2) is 0 Å². The van der Waals surface area contributed by atoms with E-state index in [1.807, 2.05) is 49.4 Å². The van der Waals surface area contributed by atoms with Crippen molar-refractivity contribution < 1.29 is 19.5 Å². The van der Waals surface area contributed by atoms with Gasteiger partial charge in [0.1, 0.15) is 0 Å². The molecule has 8 heteroatoms. The van der Waals surface area contributed by atoms with Crippen molar-refractivity contribution in [3.8, 4) is 0 Å². The van der Waals surface area contributed by atoms with Crippen molar-refractivity contribution in [1.29, 1.82) is 0 Å². The number of nitrogens with zero attached hydrogens (tertiary/aromatic N) is 1. The molecule has 0 saturated carbocycles. The SMILES string of the molecule is Cc1cccc(NC(=O)NCC(=O)N(c2cccc[c]2[Sn]([CH3])([CH3])[CH3])C(C(=O)O)C(C)(C)C)c1. The Morgan fingerprint density at radius 1 is 1.03 bits per heavy atom. The summed E-state index contributed by atoms with van der Waals surface area (Å²) in [6, 6.07) is 13.2. The van der Waals surface area contributed by atoms with E-state index in [1.165, 1.54) is 4.90 Å². The number of carboxylic acid groups (broad SMARTS) is 1. The minimum absolute atomic E-state index is 0.328. The first-order valence-electron chi connectivity index (χ1n) is 11.0. The van der Waals surface area contributed by atoms with Crippen molar-refractivity contribution in [1.82, 2.24) is 5.32 Å². The second-order valence-electron chi connectivity index (χ2n) is 10.3. The molecule has 3 N–H and O–H groups in total. The van der Waals surface area contributed by atoms with E-state index in [0.717, 1.165) is 9.14 Å². The minimum atomic E-state index is -2.73. The van der Waals surface area contributed by atoms with Gasteiger partial charge in [-0.25, -0.2) is 0 Å². The summed E-state index contributed by atoms with van der Waals surface area (Å²) in [5.41, 5.74) is 1.50. The number of nitrogens with one attached hydrogen (secondary N) is 2. The number of urea groups is 1. The topological polar surface area (TPSA) is 98.7 Å². The molecular formula is C25H35N3O4Sn. The van der Waals surface area contributed by atoms with Crippen molar-refractivity contribution in [2.24, 2.45) is 5.41 Å². The molecule has 0 saturated heterocycles. The van der Waals surface area contributed by atoms with Crippen LogP contribution in [-0.4, -0.2) is 54.0 Å². The predicted molar refractivity (Wildman–Crippen MR) is 136 cm³/mol. The van der Waals surface area contributed by atoms with E-state index in [-0.39, 0.29) is 6.54 Å². The summed E-state index contributed by atoms with van der Waals surface area (Å²) in [4.78, 5) is 46.3. The van der Waals surface area contributed by atoms with Gasteiger partial charge < -0.3 is 0 Å². The van der Waals surface area contributed by atoms with Crippen molar-refractivity contribution in [3.63, 3.8) is 0 Å². The van der Waals surface area contributed by atoms with Gasteiger partial charge in [0.2, 0.25) is 0 Å². The van der Waals surface area contributed by atoms with Crippen LogP contribution in [0.1, 0.15) is 26.3 Å². The van der Waals surface area contributed by atoms with Gasteiger partial charge in [-0.1, -0.05) is 0 Å². The first-order chi connectivity index (χ1) is 15.2. The van der Waals surface area contributed by atoms with Gasteiger partial charge in [-0.05, 0) is 0 Å². The summed E-state index contributed by atoms with van der Waals surface area (Å²) >= 11 is -2.73. The standard InChI is InChI=1S/C22H26N3O4.3CH3.Sn/c1-15-9-8-10-16(13-15)24-21(29)23-14-18(26)25(17-11-6-5-7-12-17)19(20(27)28)22(2,3)4;;;;/h5-11,13,19H,14H2,1-4H3,(H,27,28)(H2,23,24,29);3*1H3;. The third-order valence-electron chi connectivity index (χ3n) is 5.23. The van der Waals surface area contributed by atoms with Crippen molar-refractivity contribution in [3.05, 3.63) is 54.1 Å². The number of carboxylic acids is 1. The van der Waals surface area contributed by atoms with Gasteiger partial charge in [0.25, 0.3) is 0 Å². The van der Waals surface area contributed by atoms with E-state index in [2.05, 4.69) is 25.5 Å². The van der Waals surface area contributed by atoms with E-state index in [9.17, 15) is 19.5 Å². The van der Waals surface area contributed by atoms with Crippen LogP contribution >= 0.6 is 0 Å². The molecule has 0 aliphatic heterocycles. The fourth-order valence-electron chi connectivity index (χ4n) is 3.74. The average molecular weight is 560 g/mol. The molecule has 1 unspecified atom stereocenters. The van der Waals surface area contributed by atoms with E-state index >= 15 is 0 Å². The number of amides is 3. The number of carbonyl (C=O) groups is 3. The average Bonchev–Trinajstić information content (AvgIpc) is 2.68. The third-order valence-corrected chi connectivity index (χ3v) is 11.0. The Labute approximate surface area is 200 Å². The zero-order valence-corrected chi connectivity index (χ0v) is 23.4. The van der Waals surface area contributed by atoms with E-state index in [0.29, 0.717) is 11.4 Å². The van der Waals surface area contributed by atoms with Crippen molar-refractivity contribution in [2.75, 3.05) is 16.8 Å². The molecule has 1 atom stereocenters. The molecule has 0 fully saturated rings. The molecule has 0 radical (unpaired) electrons. The van der Waals surface area contributed by atoms with Crippen LogP contribution in [0.3, 0.4) is 0 Å². The molecule has 0 aliphatic rings. The van der Waals surface area contributed by atoms with Crippen molar-refractivity contribution >= 4 is 51.2 Å². The molecular weight excluding hydrogens is 525 g/mol. The van der Waals surface area contributed by atoms with Gasteiger partial charge in [0, 0.05) is 0 Å². The van der Waals surface area contributed by atoms with Gasteiger partial charge in [-0.2, -0.15) is 0 Å². The molecule has 2 rings (SSSR count). The van der Waals surface area contributed by atoms with E-state index in [4.69, 9.17) is 0 Å². The number of rotatable bonds is 7. The molecule has 178 valence electrons. The molecule has 0 aromatic heterocycles. The van der Waals surface area contributed by atoms with E-state index in [1.54, 1.807) is 26.8 Å². The van der Waals surface area contributed by atoms with E-state index < -0.39 is 47.7 Å². The summed E-state index contributed by atoms with van der Waals surface area (Å²) < 4.78 is 1.06. The summed E-state index contributed by atoms with van der Waals surface area (Å²) in [7, 11) is 0. The summed E-state index contributed by atoms with van der Waals surface area (Å²) in [5.74, 6) is -1.56. The summed E-state index contributed by atoms with van der Waals surface area (Å²) in [6.45, 7) is 6.99. The molecule has 0 spiro atoms. The zero-order chi connectivity index (χ0) is 25.0. The van der Waals surface area contributed by atoms with Crippen LogP contribution in [-0.2, 0) is 9.59 Å². The summed E-state index contributed by atoms with van der Waals surface area (Å²) in [6.07, 6.45) is 0. The monoisotopic (exact) mass is 561 g/mol. The number of anilines is 2. The molecule has 0 heterocycles. The van der Waals surface area contributed by atoms with Gasteiger partial charge in [0.05, 0.1) is 0 Å². The summed E-state index contributed by atoms with van der Waals surface area (Å²) in [5, 5.41) is 15.4. The van der Waals surface area contributed by atoms with Gasteiger partial charge in [-0.15, -0.1) is 0 Å². The van der Waals surface area contributed by atoms with Crippen LogP contribution in [0.5, 0.6) is 0 Å². The fourth-order valence-corrected chi connectivity index (χ4v) is 8.22. The van der Waals surface area contributed by atoms with Crippen LogP contribution in [0.4, 0.5) is 16.2 Å². The molecule has 2 aromatic carbocycles. The predicted octanol–water partition coefficient (Wildman–Crippen LogP) is 4.19. The van der Waals surface area contributed by atoms with Gasteiger partial charge >= 0.3 is 201 Å². The zero-order valence-electron chi connectivity index (χ0n) is 20.5.